The lowest BCUT2D eigenvalue weighted by Gasteiger charge is -2.34. The number of likely N-dealkylation sites (tertiary alicyclic amines) is 1. The average Bonchev–Trinajstić information content (AvgIpc) is 2.77. The first kappa shape index (κ1) is 23.6. The molecule has 0 spiro atoms. The molecule has 2 aromatic rings. The molecule has 5 nitrogen and oxygen atoms in total. The Morgan fingerprint density at radius 1 is 1.15 bits per heavy atom. The third kappa shape index (κ3) is 6.27. The highest BCUT2D eigenvalue weighted by Crippen LogP contribution is 2.39. The van der Waals surface area contributed by atoms with Gasteiger partial charge in [0.05, 0.1) is 10.6 Å². The molecule has 0 radical (unpaired) electrons. The Morgan fingerprint density at radius 2 is 1.88 bits per heavy atom. The number of aryl methyl sites for hydroxylation is 1. The number of hydrogen-bond acceptors (Lipinski definition) is 4. The van der Waals surface area contributed by atoms with E-state index in [1.807, 2.05) is 49.4 Å². The van der Waals surface area contributed by atoms with E-state index in [0.717, 1.165) is 48.3 Å². The Balaban J connectivity index is 1.32. The van der Waals surface area contributed by atoms with Crippen LogP contribution in [-0.4, -0.2) is 42.9 Å². The van der Waals surface area contributed by atoms with Crippen LogP contribution >= 0.6 is 11.8 Å². The van der Waals surface area contributed by atoms with E-state index in [2.05, 4.69) is 29.4 Å². The number of anilines is 1. The molecule has 2 aliphatic rings. The number of fused-ring (bicyclic) bond motifs is 1. The van der Waals surface area contributed by atoms with Gasteiger partial charge in [-0.25, -0.2) is 0 Å². The zero-order valence-electron chi connectivity index (χ0n) is 19.7. The van der Waals surface area contributed by atoms with Crippen molar-refractivity contribution in [3.63, 3.8) is 0 Å². The molecule has 2 aliphatic heterocycles. The quantitative estimate of drug-likeness (QED) is 0.458. The Morgan fingerprint density at radius 3 is 2.61 bits per heavy atom. The van der Waals surface area contributed by atoms with Crippen molar-refractivity contribution in [2.24, 2.45) is 11.8 Å². The number of carbonyl (C=O) groups is 2. The van der Waals surface area contributed by atoms with Gasteiger partial charge in [0.15, 0.2) is 0 Å². The van der Waals surface area contributed by atoms with Gasteiger partial charge in [-0.1, -0.05) is 55.4 Å². The molecular formula is C27H33N3O2S. The maximum atomic E-state index is 12.6. The molecule has 2 amide bonds. The van der Waals surface area contributed by atoms with E-state index in [4.69, 9.17) is 0 Å². The SMILES string of the molecule is Cc1ccc(/C=C2/Sc3ccc(C(=O)NCCCN4C[C@H](C)C[C@@H](C)C4)cc3NC2=O)cc1. The first-order chi connectivity index (χ1) is 15.9. The highest BCUT2D eigenvalue weighted by molar-refractivity contribution is 8.04. The first-order valence-electron chi connectivity index (χ1n) is 11.8. The minimum atomic E-state index is -0.143. The van der Waals surface area contributed by atoms with Crippen LogP contribution in [0.15, 0.2) is 52.3 Å². The Kier molecular flexibility index (Phi) is 7.56. The van der Waals surface area contributed by atoms with Crippen molar-refractivity contribution in [3.05, 3.63) is 64.1 Å². The number of rotatable bonds is 6. The molecule has 1 fully saturated rings. The van der Waals surface area contributed by atoms with Crippen LogP contribution in [0.1, 0.15) is 48.2 Å². The summed E-state index contributed by atoms with van der Waals surface area (Å²) in [6.07, 6.45) is 4.15. The standard InChI is InChI=1S/C27H33N3O2S/c1-18-5-7-21(8-6-18)14-25-27(32)29-23-15-22(9-10-24(23)33-25)26(31)28-11-4-12-30-16-19(2)13-20(3)17-30/h5-10,14-15,19-20H,4,11-13,16-17H2,1-3H3,(H,28,31)(H,29,32)/b25-14+/t19-,20-/m1/s1. The first-order valence-corrected chi connectivity index (χ1v) is 12.6. The summed E-state index contributed by atoms with van der Waals surface area (Å²) >= 11 is 1.43. The minimum Gasteiger partial charge on any atom is -0.352 e. The van der Waals surface area contributed by atoms with Crippen LogP contribution in [0.5, 0.6) is 0 Å². The zero-order valence-corrected chi connectivity index (χ0v) is 20.5. The van der Waals surface area contributed by atoms with E-state index in [9.17, 15) is 9.59 Å². The molecule has 0 aliphatic carbocycles. The highest BCUT2D eigenvalue weighted by Gasteiger charge is 2.23. The van der Waals surface area contributed by atoms with Crippen LogP contribution in [0.3, 0.4) is 0 Å². The van der Waals surface area contributed by atoms with Gasteiger partial charge in [-0.2, -0.15) is 0 Å². The fourth-order valence-corrected chi connectivity index (χ4v) is 5.63. The van der Waals surface area contributed by atoms with Gasteiger partial charge < -0.3 is 15.5 Å². The fraction of sp³-hybridized carbons (Fsp3) is 0.407. The largest absolute Gasteiger partial charge is 0.352 e. The molecule has 0 aromatic heterocycles. The van der Waals surface area contributed by atoms with Gasteiger partial charge in [0, 0.05) is 30.1 Å². The molecule has 2 heterocycles. The fourth-order valence-electron chi connectivity index (χ4n) is 4.70. The summed E-state index contributed by atoms with van der Waals surface area (Å²) in [4.78, 5) is 29.4. The Labute approximate surface area is 201 Å². The minimum absolute atomic E-state index is 0.0987. The summed E-state index contributed by atoms with van der Waals surface area (Å²) in [5.74, 6) is 1.26. The molecule has 33 heavy (non-hydrogen) atoms. The maximum Gasteiger partial charge on any atom is 0.262 e. The van der Waals surface area contributed by atoms with Gasteiger partial charge in [0.25, 0.3) is 11.8 Å². The Hall–Kier alpha value is -2.57. The summed E-state index contributed by atoms with van der Waals surface area (Å²) in [5.41, 5.74) is 3.44. The van der Waals surface area contributed by atoms with E-state index >= 15 is 0 Å². The smallest absolute Gasteiger partial charge is 0.262 e. The molecule has 2 atom stereocenters. The predicted molar refractivity (Wildman–Crippen MR) is 136 cm³/mol. The number of nitrogens with zero attached hydrogens (tertiary/aromatic N) is 1. The van der Waals surface area contributed by atoms with Gasteiger partial charge >= 0.3 is 0 Å². The van der Waals surface area contributed by atoms with Crippen molar-refractivity contribution >= 4 is 35.3 Å². The van der Waals surface area contributed by atoms with E-state index in [1.54, 1.807) is 6.07 Å². The molecule has 0 bridgehead atoms. The van der Waals surface area contributed by atoms with Crippen LogP contribution in [-0.2, 0) is 4.79 Å². The topological polar surface area (TPSA) is 61.4 Å². The van der Waals surface area contributed by atoms with Crippen LogP contribution in [0.2, 0.25) is 0 Å². The third-order valence-corrected chi connectivity index (χ3v) is 7.29. The van der Waals surface area contributed by atoms with E-state index in [-0.39, 0.29) is 11.8 Å². The second kappa shape index (κ2) is 10.6. The van der Waals surface area contributed by atoms with Crippen LogP contribution in [0.4, 0.5) is 5.69 Å². The molecule has 2 N–H and O–H groups in total. The van der Waals surface area contributed by atoms with Crippen molar-refractivity contribution < 1.29 is 9.59 Å². The van der Waals surface area contributed by atoms with Gasteiger partial charge in [-0.05, 0) is 68.0 Å². The molecule has 4 rings (SSSR count). The normalized spacial score (nSPS) is 22.0. The molecule has 6 heteroatoms. The lowest BCUT2D eigenvalue weighted by Crippen LogP contribution is -2.40. The summed E-state index contributed by atoms with van der Waals surface area (Å²) in [5, 5.41) is 5.97. The van der Waals surface area contributed by atoms with Crippen LogP contribution in [0, 0.1) is 18.8 Å². The maximum absolute atomic E-state index is 12.6. The molecule has 0 saturated carbocycles. The number of thioether (sulfide) groups is 1. The summed E-state index contributed by atoms with van der Waals surface area (Å²) in [6.45, 7) is 10.7. The van der Waals surface area contributed by atoms with Gasteiger partial charge in [0.1, 0.15) is 0 Å². The Bertz CT molecular complexity index is 1040. The van der Waals surface area contributed by atoms with Gasteiger partial charge in [-0.15, -0.1) is 0 Å². The number of piperidine rings is 1. The number of amides is 2. The molecular weight excluding hydrogens is 430 g/mol. The molecule has 174 valence electrons. The van der Waals surface area contributed by atoms with Crippen molar-refractivity contribution in [3.8, 4) is 0 Å². The van der Waals surface area contributed by atoms with E-state index in [0.29, 0.717) is 22.7 Å². The second-order valence-electron chi connectivity index (χ2n) is 9.50. The van der Waals surface area contributed by atoms with Crippen LogP contribution in [0.25, 0.3) is 6.08 Å². The monoisotopic (exact) mass is 463 g/mol. The highest BCUT2D eigenvalue weighted by atomic mass is 32.2. The van der Waals surface area contributed by atoms with Crippen molar-refractivity contribution in [2.45, 2.75) is 38.5 Å². The van der Waals surface area contributed by atoms with E-state index in [1.165, 1.54) is 23.7 Å². The number of carbonyl (C=O) groups excluding carboxylic acids is 2. The lowest BCUT2D eigenvalue weighted by atomic mass is 9.92. The second-order valence-corrected chi connectivity index (χ2v) is 10.6. The average molecular weight is 464 g/mol. The van der Waals surface area contributed by atoms with Crippen molar-refractivity contribution in [1.29, 1.82) is 0 Å². The number of nitrogens with one attached hydrogen (secondary N) is 2. The van der Waals surface area contributed by atoms with Crippen molar-refractivity contribution in [1.82, 2.24) is 10.2 Å². The third-order valence-electron chi connectivity index (χ3n) is 6.19. The van der Waals surface area contributed by atoms with Crippen molar-refractivity contribution in [2.75, 3.05) is 31.5 Å². The van der Waals surface area contributed by atoms with Crippen LogP contribution < -0.4 is 10.6 Å². The molecule has 0 unspecified atom stereocenters. The summed E-state index contributed by atoms with van der Waals surface area (Å²) in [7, 11) is 0. The number of benzene rings is 2. The molecule has 2 aromatic carbocycles. The summed E-state index contributed by atoms with van der Waals surface area (Å²) in [6, 6.07) is 13.6. The zero-order chi connectivity index (χ0) is 23.4. The predicted octanol–water partition coefficient (Wildman–Crippen LogP) is 5.18. The summed E-state index contributed by atoms with van der Waals surface area (Å²) < 4.78 is 0. The van der Waals surface area contributed by atoms with E-state index < -0.39 is 0 Å². The molecule has 1 saturated heterocycles. The number of hydrogen-bond donors (Lipinski definition) is 2. The van der Waals surface area contributed by atoms with Gasteiger partial charge in [0.2, 0.25) is 0 Å². The van der Waals surface area contributed by atoms with Gasteiger partial charge in [-0.3, -0.25) is 9.59 Å². The lowest BCUT2D eigenvalue weighted by molar-refractivity contribution is -0.112.